The molecule has 11 nitrogen and oxygen atoms in total. The molecule has 1 heterocycles. The Bertz CT molecular complexity index is 921. The van der Waals surface area contributed by atoms with Crippen molar-refractivity contribution in [2.24, 2.45) is 5.92 Å². The summed E-state index contributed by atoms with van der Waals surface area (Å²) in [6, 6.07) is -1.16. The number of amides is 1. The Labute approximate surface area is 334 Å². The molecule has 0 aromatic rings. The highest BCUT2D eigenvalue weighted by molar-refractivity contribution is 5.80. The number of aliphatic hydroxyl groups excluding tert-OH is 7. The van der Waals surface area contributed by atoms with Gasteiger partial charge in [-0.3, -0.25) is 4.79 Å². The van der Waals surface area contributed by atoms with Crippen LogP contribution in [0.3, 0.4) is 0 Å². The molecule has 1 aliphatic heterocycles. The molecule has 0 aromatic carbocycles. The van der Waals surface area contributed by atoms with Crippen LogP contribution in [0.25, 0.3) is 0 Å². The van der Waals surface area contributed by atoms with Gasteiger partial charge >= 0.3 is 0 Å². The molecular weight excluding hydrogens is 702 g/mol. The molecule has 55 heavy (non-hydrogen) atoms. The van der Waals surface area contributed by atoms with Gasteiger partial charge in [0.05, 0.1) is 25.4 Å². The maximum atomic E-state index is 13.0. The fourth-order valence-electron chi connectivity index (χ4n) is 7.21. The standard InChI is InChI=1S/C44H85NO10/c1-4-5-6-7-8-9-10-11-12-13-14-15-16-17-18-19-20-25-28-31-37(48)43(53)45-35(33-54-44-42(52)41(51)40(50)38(32-46)55-44)39(49)36(47)30-27-24-22-21-23-26-29-34(2)3/h9-10,34-42,44,46-52H,4-8,11-33H2,1-3H3,(H,45,53). The number of ether oxygens (including phenoxy) is 2. The number of allylic oxidation sites excluding steroid dienone is 2. The first-order chi connectivity index (χ1) is 26.5. The number of carbonyl (C=O) groups is 1. The van der Waals surface area contributed by atoms with E-state index in [0.717, 1.165) is 38.5 Å². The van der Waals surface area contributed by atoms with Gasteiger partial charge in [0.25, 0.3) is 0 Å². The van der Waals surface area contributed by atoms with E-state index in [0.29, 0.717) is 25.2 Å². The molecule has 326 valence electrons. The molecule has 0 radical (unpaired) electrons. The van der Waals surface area contributed by atoms with Crippen molar-refractivity contribution in [1.29, 1.82) is 0 Å². The molecular formula is C44H85NO10. The smallest absolute Gasteiger partial charge is 0.249 e. The predicted octanol–water partition coefficient (Wildman–Crippen LogP) is 6.75. The summed E-state index contributed by atoms with van der Waals surface area (Å²) in [6.07, 6.45) is 21.5. The predicted molar refractivity (Wildman–Crippen MR) is 219 cm³/mol. The van der Waals surface area contributed by atoms with E-state index in [1.807, 2.05) is 0 Å². The van der Waals surface area contributed by atoms with Gasteiger partial charge in [-0.25, -0.2) is 0 Å². The molecule has 11 heteroatoms. The summed E-state index contributed by atoms with van der Waals surface area (Å²) in [6.45, 7) is 5.64. The molecule has 0 aliphatic carbocycles. The van der Waals surface area contributed by atoms with Crippen molar-refractivity contribution < 1.29 is 50.0 Å². The second-order valence-electron chi connectivity index (χ2n) is 16.6. The van der Waals surface area contributed by atoms with Gasteiger partial charge in [0.2, 0.25) is 5.91 Å². The van der Waals surface area contributed by atoms with Crippen molar-refractivity contribution in [3.63, 3.8) is 0 Å². The molecule has 0 spiro atoms. The fourth-order valence-corrected chi connectivity index (χ4v) is 7.21. The summed E-state index contributed by atoms with van der Waals surface area (Å²) < 4.78 is 11.1. The Morgan fingerprint density at radius 2 is 1.13 bits per heavy atom. The first-order valence-electron chi connectivity index (χ1n) is 22.4. The van der Waals surface area contributed by atoms with Crippen molar-refractivity contribution in [1.82, 2.24) is 5.32 Å². The summed E-state index contributed by atoms with van der Waals surface area (Å²) in [5.74, 6) is 0.00142. The Morgan fingerprint density at radius 1 is 0.655 bits per heavy atom. The lowest BCUT2D eigenvalue weighted by Gasteiger charge is -2.40. The van der Waals surface area contributed by atoms with Gasteiger partial charge < -0.3 is 50.5 Å². The molecule has 9 unspecified atom stereocenters. The van der Waals surface area contributed by atoms with E-state index in [1.54, 1.807) is 0 Å². The quantitative estimate of drug-likeness (QED) is 0.0249. The van der Waals surface area contributed by atoms with Crippen LogP contribution in [0.5, 0.6) is 0 Å². The summed E-state index contributed by atoms with van der Waals surface area (Å²) in [7, 11) is 0. The average Bonchev–Trinajstić information content (AvgIpc) is 3.17. The lowest BCUT2D eigenvalue weighted by Crippen LogP contribution is -2.60. The monoisotopic (exact) mass is 788 g/mol. The summed E-state index contributed by atoms with van der Waals surface area (Å²) in [4.78, 5) is 13.0. The third-order valence-electron chi connectivity index (χ3n) is 11.0. The van der Waals surface area contributed by atoms with Gasteiger partial charge in [-0.05, 0) is 44.4 Å². The number of hydrogen-bond acceptors (Lipinski definition) is 10. The number of aliphatic hydroxyl groups is 7. The van der Waals surface area contributed by atoms with Crippen LogP contribution >= 0.6 is 0 Å². The molecule has 0 saturated carbocycles. The number of carbonyl (C=O) groups excluding carboxylic acids is 1. The Kier molecular flexibility index (Phi) is 31.9. The minimum atomic E-state index is -1.66. The number of nitrogens with one attached hydrogen (secondary N) is 1. The average molecular weight is 788 g/mol. The highest BCUT2D eigenvalue weighted by Crippen LogP contribution is 2.23. The highest BCUT2D eigenvalue weighted by atomic mass is 16.7. The molecule has 1 aliphatic rings. The Morgan fingerprint density at radius 3 is 1.64 bits per heavy atom. The van der Waals surface area contributed by atoms with Gasteiger partial charge in [-0.1, -0.05) is 161 Å². The zero-order chi connectivity index (χ0) is 40.7. The second kappa shape index (κ2) is 33.8. The molecule has 8 N–H and O–H groups in total. The van der Waals surface area contributed by atoms with Crippen molar-refractivity contribution in [2.45, 2.75) is 243 Å². The van der Waals surface area contributed by atoms with Crippen LogP contribution in [0, 0.1) is 5.92 Å². The van der Waals surface area contributed by atoms with Crippen LogP contribution in [-0.2, 0) is 14.3 Å². The summed E-state index contributed by atoms with van der Waals surface area (Å²) in [5.41, 5.74) is 0. The van der Waals surface area contributed by atoms with E-state index in [4.69, 9.17) is 9.47 Å². The van der Waals surface area contributed by atoms with Gasteiger partial charge in [-0.15, -0.1) is 0 Å². The van der Waals surface area contributed by atoms with Gasteiger partial charge in [0, 0.05) is 0 Å². The Balaban J connectivity index is 2.41. The molecule has 1 saturated heterocycles. The highest BCUT2D eigenvalue weighted by Gasteiger charge is 2.44. The van der Waals surface area contributed by atoms with E-state index >= 15 is 0 Å². The maximum Gasteiger partial charge on any atom is 0.249 e. The van der Waals surface area contributed by atoms with Crippen LogP contribution in [0.15, 0.2) is 12.2 Å². The van der Waals surface area contributed by atoms with Crippen molar-refractivity contribution in [3.05, 3.63) is 12.2 Å². The van der Waals surface area contributed by atoms with Crippen LogP contribution in [-0.4, -0.2) is 110 Å². The lowest BCUT2D eigenvalue weighted by atomic mass is 9.98. The fraction of sp³-hybridized carbons (Fsp3) is 0.932. The molecule has 1 fully saturated rings. The molecule has 0 bridgehead atoms. The minimum Gasteiger partial charge on any atom is -0.394 e. The molecule has 0 aromatic heterocycles. The normalized spacial score (nSPS) is 22.6. The van der Waals surface area contributed by atoms with Crippen LogP contribution in [0.1, 0.15) is 188 Å². The number of rotatable bonds is 36. The molecule has 9 atom stereocenters. The number of unbranched alkanes of at least 4 members (excludes halogenated alkanes) is 20. The lowest BCUT2D eigenvalue weighted by molar-refractivity contribution is -0.303. The van der Waals surface area contributed by atoms with Gasteiger partial charge in [-0.2, -0.15) is 0 Å². The van der Waals surface area contributed by atoms with Gasteiger partial charge in [0.1, 0.15) is 36.6 Å². The first kappa shape index (κ1) is 51.9. The molecule has 1 rings (SSSR count). The summed E-state index contributed by atoms with van der Waals surface area (Å²) in [5, 5.41) is 75.4. The van der Waals surface area contributed by atoms with Crippen molar-refractivity contribution >= 4 is 5.91 Å². The van der Waals surface area contributed by atoms with Crippen molar-refractivity contribution in [2.75, 3.05) is 13.2 Å². The zero-order valence-electron chi connectivity index (χ0n) is 35.1. The minimum absolute atomic E-state index is 0.260. The first-order valence-corrected chi connectivity index (χ1v) is 22.4. The van der Waals surface area contributed by atoms with Gasteiger partial charge in [0.15, 0.2) is 6.29 Å². The van der Waals surface area contributed by atoms with Crippen LogP contribution in [0.4, 0.5) is 0 Å². The van der Waals surface area contributed by atoms with E-state index in [1.165, 1.54) is 103 Å². The maximum absolute atomic E-state index is 13.0. The topological polar surface area (TPSA) is 189 Å². The van der Waals surface area contributed by atoms with E-state index in [-0.39, 0.29) is 6.42 Å². The molecule has 1 amide bonds. The van der Waals surface area contributed by atoms with Crippen LogP contribution in [0.2, 0.25) is 0 Å². The van der Waals surface area contributed by atoms with Crippen LogP contribution < -0.4 is 5.32 Å². The van der Waals surface area contributed by atoms with E-state index in [9.17, 15) is 40.5 Å². The zero-order valence-corrected chi connectivity index (χ0v) is 35.1. The SMILES string of the molecule is CCCCCCC=CCCCCCCCCCCCCCC(O)C(=O)NC(COC1OC(CO)C(O)C(O)C1O)C(O)C(O)CCCCCCCCC(C)C. The second-order valence-corrected chi connectivity index (χ2v) is 16.6. The number of hydrogen-bond donors (Lipinski definition) is 8. The Hall–Kier alpha value is -1.15. The van der Waals surface area contributed by atoms with E-state index in [2.05, 4.69) is 38.2 Å². The third-order valence-corrected chi connectivity index (χ3v) is 11.0. The largest absolute Gasteiger partial charge is 0.394 e. The van der Waals surface area contributed by atoms with Crippen molar-refractivity contribution in [3.8, 4) is 0 Å². The summed E-state index contributed by atoms with van der Waals surface area (Å²) >= 11 is 0. The third kappa shape index (κ3) is 25.1. The van der Waals surface area contributed by atoms with E-state index < -0.39 is 74.2 Å².